The Labute approximate surface area is 150 Å². The number of amides is 2. The number of fused-ring (bicyclic) bond motifs is 1. The van der Waals surface area contributed by atoms with E-state index in [-0.39, 0.29) is 42.7 Å². The normalized spacial score (nSPS) is 30.8. The molecule has 0 spiro atoms. The van der Waals surface area contributed by atoms with Crippen LogP contribution >= 0.6 is 0 Å². The zero-order valence-electron chi connectivity index (χ0n) is 14.7. The minimum atomic E-state index is -2.68. The molecule has 3 heterocycles. The molecule has 0 radical (unpaired) electrons. The maximum atomic E-state index is 13.1. The maximum absolute atomic E-state index is 13.1. The van der Waals surface area contributed by atoms with Crippen LogP contribution in [0.5, 0.6) is 0 Å². The third kappa shape index (κ3) is 3.07. The molecule has 7 nitrogen and oxygen atoms in total. The standard InChI is InChI=1S/C17H23F2N5O2/c1-11(25)24-14(8-23-10-20-9-21-23)4-12-7-22(3-2-15(12)24)16(26)13-5-17(18,19)6-13/h9-10,12-15H,2-8H2,1H3/t12-,14+,15+/m1/s1. The average molecular weight is 367 g/mol. The molecule has 9 heteroatoms. The topological polar surface area (TPSA) is 71.3 Å². The summed E-state index contributed by atoms with van der Waals surface area (Å²) < 4.78 is 27.9. The van der Waals surface area contributed by atoms with Gasteiger partial charge in [-0.2, -0.15) is 5.10 Å². The summed E-state index contributed by atoms with van der Waals surface area (Å²) in [7, 11) is 0. The van der Waals surface area contributed by atoms with Crippen molar-refractivity contribution in [2.45, 2.75) is 57.2 Å². The highest BCUT2D eigenvalue weighted by atomic mass is 19.3. The van der Waals surface area contributed by atoms with Crippen molar-refractivity contribution in [3.05, 3.63) is 12.7 Å². The van der Waals surface area contributed by atoms with E-state index in [1.165, 1.54) is 6.33 Å². The Balaban J connectivity index is 1.42. The number of aromatic nitrogens is 3. The number of alkyl halides is 2. The fourth-order valence-electron chi connectivity index (χ4n) is 4.84. The fourth-order valence-corrected chi connectivity index (χ4v) is 4.84. The molecule has 0 N–H and O–H groups in total. The lowest BCUT2D eigenvalue weighted by Gasteiger charge is -2.42. The molecule has 3 aliphatic rings. The third-order valence-electron chi connectivity index (χ3n) is 6.00. The quantitative estimate of drug-likeness (QED) is 0.804. The highest BCUT2D eigenvalue weighted by molar-refractivity contribution is 5.80. The van der Waals surface area contributed by atoms with Crippen LogP contribution in [0.4, 0.5) is 8.78 Å². The summed E-state index contributed by atoms with van der Waals surface area (Å²) in [6, 6.07) is 0.125. The Morgan fingerprint density at radius 1 is 1.31 bits per heavy atom. The number of likely N-dealkylation sites (tertiary alicyclic amines) is 2. The smallest absolute Gasteiger partial charge is 0.249 e. The Bertz CT molecular complexity index is 687. The number of halogens is 2. The molecule has 2 saturated heterocycles. The molecule has 1 aromatic rings. The van der Waals surface area contributed by atoms with E-state index in [0.717, 1.165) is 6.42 Å². The van der Waals surface area contributed by atoms with E-state index in [1.54, 1.807) is 22.8 Å². The van der Waals surface area contributed by atoms with Gasteiger partial charge in [0, 0.05) is 44.8 Å². The predicted molar refractivity (Wildman–Crippen MR) is 87.1 cm³/mol. The van der Waals surface area contributed by atoms with Crippen LogP contribution in [0.15, 0.2) is 12.7 Å². The molecule has 142 valence electrons. The summed E-state index contributed by atoms with van der Waals surface area (Å²) >= 11 is 0. The summed E-state index contributed by atoms with van der Waals surface area (Å²) in [5.74, 6) is -3.16. The highest BCUT2D eigenvalue weighted by Crippen LogP contribution is 2.44. The van der Waals surface area contributed by atoms with Gasteiger partial charge in [0.2, 0.25) is 17.7 Å². The number of hydrogen-bond acceptors (Lipinski definition) is 4. The van der Waals surface area contributed by atoms with Crippen LogP contribution in [0.1, 0.15) is 32.6 Å². The molecular weight excluding hydrogens is 344 g/mol. The minimum Gasteiger partial charge on any atom is -0.342 e. The van der Waals surface area contributed by atoms with E-state index in [0.29, 0.717) is 26.1 Å². The Kier molecular flexibility index (Phi) is 4.19. The van der Waals surface area contributed by atoms with Crippen LogP contribution < -0.4 is 0 Å². The molecule has 0 aromatic carbocycles. The van der Waals surface area contributed by atoms with E-state index in [9.17, 15) is 18.4 Å². The number of nitrogens with zero attached hydrogens (tertiary/aromatic N) is 5. The van der Waals surface area contributed by atoms with Crippen molar-refractivity contribution < 1.29 is 18.4 Å². The highest BCUT2D eigenvalue weighted by Gasteiger charge is 2.52. The Morgan fingerprint density at radius 3 is 2.69 bits per heavy atom. The zero-order valence-corrected chi connectivity index (χ0v) is 14.7. The van der Waals surface area contributed by atoms with Crippen LogP contribution in [0.25, 0.3) is 0 Å². The van der Waals surface area contributed by atoms with Gasteiger partial charge in [0.25, 0.3) is 0 Å². The molecule has 3 fully saturated rings. The molecule has 2 amide bonds. The van der Waals surface area contributed by atoms with Crippen molar-refractivity contribution in [2.24, 2.45) is 11.8 Å². The minimum absolute atomic E-state index is 0.0206. The molecule has 2 aliphatic heterocycles. The van der Waals surface area contributed by atoms with E-state index in [2.05, 4.69) is 10.1 Å². The number of carbonyl (C=O) groups is 2. The molecule has 3 atom stereocenters. The van der Waals surface area contributed by atoms with Crippen LogP contribution in [0, 0.1) is 11.8 Å². The van der Waals surface area contributed by atoms with Crippen LogP contribution in [-0.4, -0.2) is 67.5 Å². The Hall–Kier alpha value is -2.06. The van der Waals surface area contributed by atoms with Crippen molar-refractivity contribution in [1.82, 2.24) is 24.6 Å². The second-order valence-corrected chi connectivity index (χ2v) is 7.79. The van der Waals surface area contributed by atoms with Crippen molar-refractivity contribution >= 4 is 11.8 Å². The molecule has 1 aromatic heterocycles. The number of hydrogen-bond donors (Lipinski definition) is 0. The van der Waals surface area contributed by atoms with Gasteiger partial charge in [0.05, 0.1) is 12.6 Å². The van der Waals surface area contributed by atoms with Gasteiger partial charge in [-0.3, -0.25) is 14.3 Å². The zero-order chi connectivity index (χ0) is 18.5. The summed E-state index contributed by atoms with van der Waals surface area (Å²) in [4.78, 5) is 32.3. The van der Waals surface area contributed by atoms with E-state index in [4.69, 9.17) is 0 Å². The van der Waals surface area contributed by atoms with Gasteiger partial charge >= 0.3 is 0 Å². The number of piperidine rings is 1. The summed E-state index contributed by atoms with van der Waals surface area (Å²) in [5, 5.41) is 4.12. The number of carbonyl (C=O) groups excluding carboxylic acids is 2. The molecule has 0 unspecified atom stereocenters. The SMILES string of the molecule is CC(=O)N1[C@H](Cn2cncn2)C[C@@H]2CN(C(=O)C3CC(F)(F)C3)CC[C@@H]21. The second kappa shape index (κ2) is 6.28. The molecule has 26 heavy (non-hydrogen) atoms. The van der Waals surface area contributed by atoms with Gasteiger partial charge in [-0.25, -0.2) is 13.8 Å². The monoisotopic (exact) mass is 367 g/mol. The lowest BCUT2D eigenvalue weighted by molar-refractivity contribution is -0.161. The van der Waals surface area contributed by atoms with Gasteiger partial charge in [-0.15, -0.1) is 0 Å². The van der Waals surface area contributed by atoms with Crippen molar-refractivity contribution in [2.75, 3.05) is 13.1 Å². The summed E-state index contributed by atoms with van der Waals surface area (Å²) in [6.07, 6.45) is 3.93. The predicted octanol–water partition coefficient (Wildman–Crippen LogP) is 1.16. The first kappa shape index (κ1) is 17.4. The molecule has 1 aliphatic carbocycles. The molecule has 4 rings (SSSR count). The largest absolute Gasteiger partial charge is 0.342 e. The molecule has 0 bridgehead atoms. The second-order valence-electron chi connectivity index (χ2n) is 7.79. The first-order valence-corrected chi connectivity index (χ1v) is 9.12. The van der Waals surface area contributed by atoms with E-state index < -0.39 is 11.8 Å². The lowest BCUT2D eigenvalue weighted by atomic mass is 9.79. The molecule has 1 saturated carbocycles. The summed E-state index contributed by atoms with van der Waals surface area (Å²) in [5.41, 5.74) is 0. The van der Waals surface area contributed by atoms with Gasteiger partial charge in [-0.1, -0.05) is 0 Å². The van der Waals surface area contributed by atoms with Crippen LogP contribution in [-0.2, 0) is 16.1 Å². The van der Waals surface area contributed by atoms with E-state index in [1.807, 2.05) is 4.90 Å². The van der Waals surface area contributed by atoms with Crippen LogP contribution in [0.3, 0.4) is 0 Å². The number of rotatable bonds is 3. The Morgan fingerprint density at radius 2 is 2.08 bits per heavy atom. The van der Waals surface area contributed by atoms with Gasteiger partial charge in [0.15, 0.2) is 0 Å². The van der Waals surface area contributed by atoms with Crippen LogP contribution in [0.2, 0.25) is 0 Å². The summed E-state index contributed by atoms with van der Waals surface area (Å²) in [6.45, 7) is 3.23. The van der Waals surface area contributed by atoms with E-state index >= 15 is 0 Å². The first-order valence-electron chi connectivity index (χ1n) is 9.12. The first-order chi connectivity index (χ1) is 12.3. The van der Waals surface area contributed by atoms with Crippen molar-refractivity contribution in [3.63, 3.8) is 0 Å². The van der Waals surface area contributed by atoms with Crippen molar-refractivity contribution in [1.29, 1.82) is 0 Å². The van der Waals surface area contributed by atoms with Gasteiger partial charge < -0.3 is 9.80 Å². The average Bonchev–Trinajstić information content (AvgIpc) is 3.18. The third-order valence-corrected chi connectivity index (χ3v) is 6.00. The lowest BCUT2D eigenvalue weighted by Crippen LogP contribution is -2.53. The maximum Gasteiger partial charge on any atom is 0.249 e. The van der Waals surface area contributed by atoms with Gasteiger partial charge in [-0.05, 0) is 18.8 Å². The molecular formula is C17H23F2N5O2. The van der Waals surface area contributed by atoms with Crippen molar-refractivity contribution in [3.8, 4) is 0 Å². The van der Waals surface area contributed by atoms with Gasteiger partial charge in [0.1, 0.15) is 12.7 Å². The fraction of sp³-hybridized carbons (Fsp3) is 0.765.